The lowest BCUT2D eigenvalue weighted by atomic mass is 9.89. The number of hydrogen-bond donors (Lipinski definition) is 3. The minimum absolute atomic E-state index is 0.149. The van der Waals surface area contributed by atoms with Gasteiger partial charge in [-0.25, -0.2) is 4.79 Å². The van der Waals surface area contributed by atoms with Crippen LogP contribution in [0.3, 0.4) is 0 Å². The van der Waals surface area contributed by atoms with E-state index >= 15 is 0 Å². The summed E-state index contributed by atoms with van der Waals surface area (Å²) in [6.45, 7) is 5.50. The molecule has 6 nitrogen and oxygen atoms in total. The average molecular weight is 541 g/mol. The van der Waals surface area contributed by atoms with Gasteiger partial charge in [-0.05, 0) is 68.0 Å². The number of rotatable bonds is 13. The molecule has 3 aromatic rings. The summed E-state index contributed by atoms with van der Waals surface area (Å²) in [6.07, 6.45) is 7.58. The van der Waals surface area contributed by atoms with Crippen LogP contribution in [0, 0.1) is 5.92 Å². The molecule has 212 valence electrons. The number of likely N-dealkylation sites (tertiary alicyclic amines) is 1. The van der Waals surface area contributed by atoms with Crippen LogP contribution in [-0.4, -0.2) is 43.0 Å². The summed E-state index contributed by atoms with van der Waals surface area (Å²) in [6, 6.07) is 28.7. The van der Waals surface area contributed by atoms with Crippen LogP contribution < -0.4 is 16.0 Å². The normalized spacial score (nSPS) is 14.2. The predicted octanol–water partition coefficient (Wildman–Crippen LogP) is 7.01. The first-order valence-electron chi connectivity index (χ1n) is 14.9. The number of nitrogens with zero attached hydrogens (tertiary/aromatic N) is 1. The van der Waals surface area contributed by atoms with Crippen LogP contribution in [0.15, 0.2) is 84.9 Å². The minimum atomic E-state index is -0.271. The number of carbonyl (C=O) groups is 2. The summed E-state index contributed by atoms with van der Waals surface area (Å²) < 4.78 is 0. The smallest absolute Gasteiger partial charge is 0.319 e. The van der Waals surface area contributed by atoms with Crippen LogP contribution in [0.4, 0.5) is 10.5 Å². The molecule has 6 heteroatoms. The summed E-state index contributed by atoms with van der Waals surface area (Å²) in [5.41, 5.74) is 3.69. The lowest BCUT2D eigenvalue weighted by molar-refractivity contribution is 0.0947. The van der Waals surface area contributed by atoms with Crippen LogP contribution in [0.1, 0.15) is 79.4 Å². The number of amides is 3. The molecule has 3 N–H and O–H groups in total. The number of urea groups is 1. The SMILES string of the molecule is CCCCCCNC(=O)Nc1ccccc1C(=O)NCCC1CCN(C(c2ccccc2)c2ccccc2)CC1. The molecule has 1 aliphatic heterocycles. The zero-order valence-electron chi connectivity index (χ0n) is 23.8. The van der Waals surface area contributed by atoms with Gasteiger partial charge in [0.2, 0.25) is 0 Å². The maximum Gasteiger partial charge on any atom is 0.319 e. The van der Waals surface area contributed by atoms with Gasteiger partial charge < -0.3 is 16.0 Å². The molecule has 0 atom stereocenters. The Balaban J connectivity index is 1.24. The topological polar surface area (TPSA) is 73.5 Å². The highest BCUT2D eigenvalue weighted by atomic mass is 16.2. The Labute approximate surface area is 239 Å². The van der Waals surface area contributed by atoms with E-state index < -0.39 is 0 Å². The third-order valence-corrected chi connectivity index (χ3v) is 7.82. The molecule has 4 rings (SSSR count). The molecule has 40 heavy (non-hydrogen) atoms. The van der Waals surface area contributed by atoms with Crippen molar-refractivity contribution in [3.8, 4) is 0 Å². The molecule has 3 aromatic carbocycles. The molecule has 1 aliphatic rings. The van der Waals surface area contributed by atoms with Crippen molar-refractivity contribution in [2.45, 2.75) is 57.9 Å². The van der Waals surface area contributed by atoms with Gasteiger partial charge in [-0.3, -0.25) is 9.69 Å². The van der Waals surface area contributed by atoms with Crippen molar-refractivity contribution in [2.75, 3.05) is 31.5 Å². The maximum absolute atomic E-state index is 13.0. The van der Waals surface area contributed by atoms with Crippen LogP contribution in [0.2, 0.25) is 0 Å². The van der Waals surface area contributed by atoms with Gasteiger partial charge in [0, 0.05) is 13.1 Å². The second-order valence-corrected chi connectivity index (χ2v) is 10.7. The number of anilines is 1. The summed E-state index contributed by atoms with van der Waals surface area (Å²) in [4.78, 5) is 27.9. The van der Waals surface area contributed by atoms with Gasteiger partial charge in [0.1, 0.15) is 0 Å². The molecule has 0 aromatic heterocycles. The number of nitrogens with one attached hydrogen (secondary N) is 3. The number of benzene rings is 3. The summed E-state index contributed by atoms with van der Waals surface area (Å²) in [5.74, 6) is 0.431. The van der Waals surface area contributed by atoms with Crippen molar-refractivity contribution < 1.29 is 9.59 Å². The lowest BCUT2D eigenvalue weighted by Gasteiger charge is -2.38. The zero-order chi connectivity index (χ0) is 28.0. The standard InChI is InChI=1S/C34H44N4O2/c1-2-3-4-13-23-36-34(40)37-31-19-12-11-18-30(31)33(39)35-24-20-27-21-25-38(26-22-27)32(28-14-7-5-8-15-28)29-16-9-6-10-17-29/h5-12,14-19,27,32H,2-4,13,20-26H2,1H3,(H,35,39)(H2,36,37,40). The van der Waals surface area contributed by atoms with E-state index in [-0.39, 0.29) is 18.0 Å². The summed E-state index contributed by atoms with van der Waals surface area (Å²) in [5, 5.41) is 8.82. The molecule has 0 bridgehead atoms. The van der Waals surface area contributed by atoms with Crippen LogP contribution in [0.5, 0.6) is 0 Å². The molecule has 0 aliphatic carbocycles. The first kappa shape index (κ1) is 29.3. The van der Waals surface area contributed by atoms with Crippen molar-refractivity contribution in [3.05, 3.63) is 102 Å². The van der Waals surface area contributed by atoms with Crippen LogP contribution >= 0.6 is 0 Å². The molecule has 0 unspecified atom stereocenters. The lowest BCUT2D eigenvalue weighted by Crippen LogP contribution is -2.38. The Kier molecular flexibility index (Phi) is 11.6. The first-order valence-corrected chi connectivity index (χ1v) is 14.9. The molecule has 1 fully saturated rings. The fraction of sp³-hybridized carbons (Fsp3) is 0.412. The summed E-state index contributed by atoms with van der Waals surface area (Å²) in [7, 11) is 0. The highest BCUT2D eigenvalue weighted by Gasteiger charge is 2.27. The Morgan fingerprint density at radius 1 is 0.775 bits per heavy atom. The number of unbranched alkanes of at least 4 members (excludes halogenated alkanes) is 3. The number of piperidine rings is 1. The number of para-hydroxylation sites is 1. The van der Waals surface area contributed by atoms with Crippen LogP contribution in [-0.2, 0) is 0 Å². The van der Waals surface area contributed by atoms with Crippen molar-refractivity contribution in [2.24, 2.45) is 5.92 Å². The van der Waals surface area contributed by atoms with Crippen molar-refractivity contribution in [1.82, 2.24) is 15.5 Å². The highest BCUT2D eigenvalue weighted by molar-refractivity contribution is 6.03. The van der Waals surface area contributed by atoms with Gasteiger partial charge >= 0.3 is 6.03 Å². The van der Waals surface area contributed by atoms with E-state index in [0.29, 0.717) is 30.3 Å². The molecule has 1 heterocycles. The van der Waals surface area contributed by atoms with E-state index in [9.17, 15) is 9.59 Å². The molecule has 3 amide bonds. The molecule has 0 saturated carbocycles. The second-order valence-electron chi connectivity index (χ2n) is 10.7. The Hall–Kier alpha value is -3.64. The van der Waals surface area contributed by atoms with Gasteiger partial charge in [-0.1, -0.05) is 99.0 Å². The van der Waals surface area contributed by atoms with Gasteiger partial charge in [0.05, 0.1) is 17.3 Å². The van der Waals surface area contributed by atoms with Crippen molar-refractivity contribution in [3.63, 3.8) is 0 Å². The van der Waals surface area contributed by atoms with Crippen molar-refractivity contribution >= 4 is 17.6 Å². The number of carbonyl (C=O) groups excluding carboxylic acids is 2. The zero-order valence-corrected chi connectivity index (χ0v) is 23.8. The average Bonchev–Trinajstić information content (AvgIpc) is 2.99. The van der Waals surface area contributed by atoms with E-state index in [1.807, 2.05) is 12.1 Å². The van der Waals surface area contributed by atoms with E-state index in [1.165, 1.54) is 17.5 Å². The Morgan fingerprint density at radius 3 is 2.05 bits per heavy atom. The summed E-state index contributed by atoms with van der Waals surface area (Å²) >= 11 is 0. The maximum atomic E-state index is 13.0. The van der Waals surface area contributed by atoms with Gasteiger partial charge in [-0.15, -0.1) is 0 Å². The molecule has 1 saturated heterocycles. The van der Waals surface area contributed by atoms with E-state index in [0.717, 1.165) is 51.6 Å². The van der Waals surface area contributed by atoms with E-state index in [1.54, 1.807) is 12.1 Å². The molecular formula is C34H44N4O2. The van der Waals surface area contributed by atoms with Gasteiger partial charge in [0.25, 0.3) is 5.91 Å². The Bertz CT molecular complexity index is 1140. The van der Waals surface area contributed by atoms with Crippen molar-refractivity contribution in [1.29, 1.82) is 0 Å². The molecule has 0 radical (unpaired) electrons. The van der Waals surface area contributed by atoms with E-state index in [2.05, 4.69) is 88.4 Å². The minimum Gasteiger partial charge on any atom is -0.352 e. The highest BCUT2D eigenvalue weighted by Crippen LogP contribution is 2.33. The second kappa shape index (κ2) is 15.8. The predicted molar refractivity (Wildman–Crippen MR) is 164 cm³/mol. The van der Waals surface area contributed by atoms with Gasteiger partial charge in [0.15, 0.2) is 0 Å². The number of hydrogen-bond acceptors (Lipinski definition) is 3. The van der Waals surface area contributed by atoms with Crippen LogP contribution in [0.25, 0.3) is 0 Å². The fourth-order valence-electron chi connectivity index (χ4n) is 5.58. The third kappa shape index (κ3) is 8.68. The molecular weight excluding hydrogens is 496 g/mol. The fourth-order valence-corrected chi connectivity index (χ4v) is 5.58. The Morgan fingerprint density at radius 2 is 1.40 bits per heavy atom. The molecule has 0 spiro atoms. The quantitative estimate of drug-likeness (QED) is 0.204. The third-order valence-electron chi connectivity index (χ3n) is 7.82. The van der Waals surface area contributed by atoms with E-state index in [4.69, 9.17) is 0 Å². The first-order chi connectivity index (χ1) is 19.7. The van der Waals surface area contributed by atoms with Gasteiger partial charge in [-0.2, -0.15) is 0 Å². The largest absolute Gasteiger partial charge is 0.352 e. The monoisotopic (exact) mass is 540 g/mol.